The van der Waals surface area contributed by atoms with Gasteiger partial charge in [-0.1, -0.05) is 12.1 Å². The molecule has 1 N–H and O–H groups in total. The first-order valence-electron chi connectivity index (χ1n) is 9.72. The molecular weight excluding hydrogens is 372 g/mol. The summed E-state index contributed by atoms with van der Waals surface area (Å²) >= 11 is 0. The molecule has 3 aromatic rings. The zero-order valence-electron chi connectivity index (χ0n) is 16.9. The highest BCUT2D eigenvalue weighted by atomic mass is 16.5. The van der Waals surface area contributed by atoms with Crippen LogP contribution in [0.4, 0.5) is 0 Å². The first kappa shape index (κ1) is 20.7. The molecule has 0 aliphatic rings. The van der Waals surface area contributed by atoms with Crippen molar-refractivity contribution in [2.24, 2.45) is 0 Å². The number of carbonyl (C=O) groups excluding carboxylic acids is 1. The van der Waals surface area contributed by atoms with Gasteiger partial charge in [0.15, 0.2) is 0 Å². The van der Waals surface area contributed by atoms with Crippen molar-refractivity contribution in [3.05, 3.63) is 64.1 Å². The summed E-state index contributed by atoms with van der Waals surface area (Å²) in [7, 11) is 0. The fourth-order valence-corrected chi connectivity index (χ4v) is 3.30. The van der Waals surface area contributed by atoms with Crippen molar-refractivity contribution < 1.29 is 19.4 Å². The van der Waals surface area contributed by atoms with E-state index in [0.29, 0.717) is 28.9 Å². The fourth-order valence-electron chi connectivity index (χ4n) is 3.30. The van der Waals surface area contributed by atoms with Gasteiger partial charge in [-0.2, -0.15) is 0 Å². The molecule has 0 saturated carbocycles. The molecule has 29 heavy (non-hydrogen) atoms. The second-order valence-electron chi connectivity index (χ2n) is 6.84. The zero-order valence-corrected chi connectivity index (χ0v) is 16.9. The summed E-state index contributed by atoms with van der Waals surface area (Å²) in [6.07, 6.45) is -0.893. The average Bonchev–Trinajstić information content (AvgIpc) is 2.97. The molecule has 0 bridgehead atoms. The zero-order chi connectivity index (χ0) is 21.0. The Kier molecular flexibility index (Phi) is 6.39. The van der Waals surface area contributed by atoms with Gasteiger partial charge in [-0.05, 0) is 56.7 Å². The molecule has 0 aliphatic heterocycles. The van der Waals surface area contributed by atoms with E-state index in [9.17, 15) is 14.7 Å². The van der Waals surface area contributed by atoms with Gasteiger partial charge >= 0.3 is 11.7 Å². The summed E-state index contributed by atoms with van der Waals surface area (Å²) in [5.41, 5.74) is 2.48. The molecule has 7 heteroatoms. The summed E-state index contributed by atoms with van der Waals surface area (Å²) in [5, 5.41) is 10.5. The summed E-state index contributed by atoms with van der Waals surface area (Å²) < 4.78 is 13.8. The van der Waals surface area contributed by atoms with Crippen LogP contribution in [-0.4, -0.2) is 39.5 Å². The Morgan fingerprint density at radius 1 is 1.10 bits per heavy atom. The highest BCUT2D eigenvalue weighted by molar-refractivity contribution is 5.93. The predicted octanol–water partition coefficient (Wildman–Crippen LogP) is 2.75. The van der Waals surface area contributed by atoms with Crippen LogP contribution in [0.25, 0.3) is 11.0 Å². The molecule has 3 rings (SSSR count). The van der Waals surface area contributed by atoms with Gasteiger partial charge in [-0.25, -0.2) is 9.59 Å². The van der Waals surface area contributed by atoms with Crippen LogP contribution in [0.1, 0.15) is 29.8 Å². The number of carbonyl (C=O) groups is 1. The molecule has 1 unspecified atom stereocenters. The van der Waals surface area contributed by atoms with Crippen LogP contribution >= 0.6 is 0 Å². The third kappa shape index (κ3) is 4.51. The minimum atomic E-state index is -0.893. The normalized spacial score (nSPS) is 12.1. The maximum absolute atomic E-state index is 12.8. The second-order valence-corrected chi connectivity index (χ2v) is 6.84. The lowest BCUT2D eigenvalue weighted by atomic mass is 10.2. The smallest absolute Gasteiger partial charge is 0.338 e. The molecule has 1 aromatic heterocycles. The van der Waals surface area contributed by atoms with Crippen molar-refractivity contribution in [1.82, 2.24) is 9.13 Å². The minimum absolute atomic E-state index is 0.0479. The Labute approximate surface area is 169 Å². The monoisotopic (exact) mass is 398 g/mol. The van der Waals surface area contributed by atoms with E-state index in [-0.39, 0.29) is 25.4 Å². The molecule has 0 amide bonds. The van der Waals surface area contributed by atoms with Gasteiger partial charge in [0.2, 0.25) is 0 Å². The maximum Gasteiger partial charge on any atom is 0.338 e. The summed E-state index contributed by atoms with van der Waals surface area (Å²) in [6.45, 7) is 6.44. The second kappa shape index (κ2) is 8.96. The standard InChI is InChI=1S/C22H26N2O5/c1-4-23-19-10-9-16(21(26)28-5-2)12-20(19)24(22(23)27)13-17(25)14-29-18-8-6-7-15(3)11-18/h6-12,17,25H,4-5,13-14H2,1-3H3. The highest BCUT2D eigenvalue weighted by Gasteiger charge is 2.18. The number of fused-ring (bicyclic) bond motifs is 1. The molecule has 0 saturated heterocycles. The Bertz CT molecular complexity index is 1070. The molecule has 0 spiro atoms. The van der Waals surface area contributed by atoms with Crippen molar-refractivity contribution in [3.8, 4) is 5.75 Å². The van der Waals surface area contributed by atoms with Crippen LogP contribution in [0, 0.1) is 6.92 Å². The Balaban J connectivity index is 1.86. The summed E-state index contributed by atoms with van der Waals surface area (Å²) in [4.78, 5) is 24.9. The third-order valence-corrected chi connectivity index (χ3v) is 4.67. The number of hydrogen-bond donors (Lipinski definition) is 1. The first-order valence-corrected chi connectivity index (χ1v) is 9.72. The van der Waals surface area contributed by atoms with Gasteiger partial charge in [0.1, 0.15) is 18.5 Å². The van der Waals surface area contributed by atoms with Gasteiger partial charge in [0, 0.05) is 6.54 Å². The van der Waals surface area contributed by atoms with Crippen LogP contribution in [0.15, 0.2) is 47.3 Å². The van der Waals surface area contributed by atoms with Crippen LogP contribution in [0.5, 0.6) is 5.75 Å². The number of hydrogen-bond acceptors (Lipinski definition) is 5. The molecule has 0 fully saturated rings. The molecule has 1 atom stereocenters. The number of aliphatic hydroxyl groups excluding tert-OH is 1. The topological polar surface area (TPSA) is 82.7 Å². The van der Waals surface area contributed by atoms with E-state index in [4.69, 9.17) is 9.47 Å². The SMILES string of the molecule is CCOC(=O)c1ccc2c(c1)n(CC(O)COc1cccc(C)c1)c(=O)n2CC. The van der Waals surface area contributed by atoms with Gasteiger partial charge < -0.3 is 14.6 Å². The van der Waals surface area contributed by atoms with Crippen molar-refractivity contribution in [2.45, 2.75) is 40.0 Å². The summed E-state index contributed by atoms with van der Waals surface area (Å²) in [6, 6.07) is 12.6. The Morgan fingerprint density at radius 3 is 2.59 bits per heavy atom. The number of aryl methyl sites for hydroxylation is 2. The van der Waals surface area contributed by atoms with Crippen LogP contribution in [0.2, 0.25) is 0 Å². The van der Waals surface area contributed by atoms with E-state index in [1.807, 2.05) is 38.1 Å². The number of rotatable bonds is 8. The van der Waals surface area contributed by atoms with Crippen molar-refractivity contribution in [2.75, 3.05) is 13.2 Å². The molecule has 1 heterocycles. The summed E-state index contributed by atoms with van der Waals surface area (Å²) in [5.74, 6) is 0.220. The quantitative estimate of drug-likeness (QED) is 0.590. The van der Waals surface area contributed by atoms with E-state index < -0.39 is 12.1 Å². The lowest BCUT2D eigenvalue weighted by Crippen LogP contribution is -2.31. The van der Waals surface area contributed by atoms with E-state index in [1.165, 1.54) is 4.57 Å². The lowest BCUT2D eigenvalue weighted by Gasteiger charge is -2.13. The number of ether oxygens (including phenoxy) is 2. The first-order chi connectivity index (χ1) is 13.9. The number of aliphatic hydroxyl groups is 1. The van der Waals surface area contributed by atoms with Gasteiger partial charge in [-0.15, -0.1) is 0 Å². The van der Waals surface area contributed by atoms with Crippen molar-refractivity contribution >= 4 is 17.0 Å². The Morgan fingerprint density at radius 2 is 1.90 bits per heavy atom. The number of aromatic nitrogens is 2. The minimum Gasteiger partial charge on any atom is -0.491 e. The molecule has 0 radical (unpaired) electrons. The van der Waals surface area contributed by atoms with Gasteiger partial charge in [0.25, 0.3) is 0 Å². The molecule has 154 valence electrons. The number of imidazole rings is 1. The average molecular weight is 398 g/mol. The molecule has 0 aliphatic carbocycles. The Hall–Kier alpha value is -3.06. The maximum atomic E-state index is 12.8. The van der Waals surface area contributed by atoms with Gasteiger partial charge in [-0.3, -0.25) is 9.13 Å². The van der Waals surface area contributed by atoms with E-state index in [1.54, 1.807) is 29.7 Å². The van der Waals surface area contributed by atoms with E-state index in [0.717, 1.165) is 5.56 Å². The number of esters is 1. The fraction of sp³-hybridized carbons (Fsp3) is 0.364. The third-order valence-electron chi connectivity index (χ3n) is 4.67. The van der Waals surface area contributed by atoms with Crippen molar-refractivity contribution in [1.29, 1.82) is 0 Å². The lowest BCUT2D eigenvalue weighted by molar-refractivity contribution is 0.0526. The predicted molar refractivity (Wildman–Crippen MR) is 111 cm³/mol. The molecular formula is C22H26N2O5. The molecule has 2 aromatic carbocycles. The molecule has 7 nitrogen and oxygen atoms in total. The van der Waals surface area contributed by atoms with E-state index >= 15 is 0 Å². The van der Waals surface area contributed by atoms with Crippen molar-refractivity contribution in [3.63, 3.8) is 0 Å². The highest BCUT2D eigenvalue weighted by Crippen LogP contribution is 2.18. The van der Waals surface area contributed by atoms with Crippen LogP contribution in [-0.2, 0) is 17.8 Å². The number of benzene rings is 2. The van der Waals surface area contributed by atoms with Crippen LogP contribution < -0.4 is 10.4 Å². The number of nitrogens with zero attached hydrogens (tertiary/aromatic N) is 2. The largest absolute Gasteiger partial charge is 0.491 e. The van der Waals surface area contributed by atoms with Gasteiger partial charge in [0.05, 0.1) is 29.7 Å². The van der Waals surface area contributed by atoms with Crippen LogP contribution in [0.3, 0.4) is 0 Å². The van der Waals surface area contributed by atoms with E-state index in [2.05, 4.69) is 0 Å².